The lowest BCUT2D eigenvalue weighted by atomic mass is 9.84. The van der Waals surface area contributed by atoms with Crippen LogP contribution in [-0.4, -0.2) is 9.97 Å². The first-order chi connectivity index (χ1) is 8.15. The molecule has 3 rings (SSSR count). The maximum absolute atomic E-state index is 4.94. The summed E-state index contributed by atoms with van der Waals surface area (Å²) in [5.41, 5.74) is 2.81. The first kappa shape index (κ1) is 11.3. The first-order valence-corrected chi connectivity index (χ1v) is 7.23. The average molecular weight is 232 g/mol. The number of aromatic nitrogens is 2. The molecule has 1 saturated carbocycles. The molecule has 0 aliphatic heterocycles. The van der Waals surface area contributed by atoms with Gasteiger partial charge in [-0.1, -0.05) is 27.2 Å². The van der Waals surface area contributed by atoms with Crippen molar-refractivity contribution in [1.82, 2.24) is 9.97 Å². The van der Waals surface area contributed by atoms with Crippen LogP contribution in [0.5, 0.6) is 0 Å². The van der Waals surface area contributed by atoms with Gasteiger partial charge in [-0.3, -0.25) is 0 Å². The van der Waals surface area contributed by atoms with Gasteiger partial charge in [0.2, 0.25) is 0 Å². The van der Waals surface area contributed by atoms with E-state index in [1.54, 1.807) is 0 Å². The van der Waals surface area contributed by atoms with E-state index in [-0.39, 0.29) is 0 Å². The topological polar surface area (TPSA) is 28.7 Å². The van der Waals surface area contributed by atoms with Gasteiger partial charge in [-0.05, 0) is 37.5 Å². The van der Waals surface area contributed by atoms with Gasteiger partial charge in [-0.25, -0.2) is 4.98 Å². The summed E-state index contributed by atoms with van der Waals surface area (Å²) in [7, 11) is 0. The third-order valence-electron chi connectivity index (χ3n) is 4.82. The molecule has 1 aromatic heterocycles. The summed E-state index contributed by atoms with van der Waals surface area (Å²) in [6.45, 7) is 7.07. The second-order valence-electron chi connectivity index (χ2n) is 6.45. The van der Waals surface area contributed by atoms with Gasteiger partial charge in [0.25, 0.3) is 0 Å². The summed E-state index contributed by atoms with van der Waals surface area (Å²) in [6.07, 6.45) is 6.59. The molecule has 4 unspecified atom stereocenters. The third kappa shape index (κ3) is 1.92. The number of imidazole rings is 1. The van der Waals surface area contributed by atoms with Gasteiger partial charge in [0.05, 0.1) is 5.69 Å². The minimum atomic E-state index is 0.649. The van der Waals surface area contributed by atoms with Gasteiger partial charge in [0, 0.05) is 17.5 Å². The monoisotopic (exact) mass is 232 g/mol. The highest BCUT2D eigenvalue weighted by atomic mass is 15.0. The number of rotatable bonds is 1. The number of H-pyrrole nitrogens is 1. The van der Waals surface area contributed by atoms with Crippen LogP contribution in [0.1, 0.15) is 75.5 Å². The van der Waals surface area contributed by atoms with Gasteiger partial charge in [-0.2, -0.15) is 0 Å². The summed E-state index contributed by atoms with van der Waals surface area (Å²) >= 11 is 0. The quantitative estimate of drug-likeness (QED) is 0.779. The molecule has 4 atom stereocenters. The van der Waals surface area contributed by atoms with Crippen molar-refractivity contribution in [3.63, 3.8) is 0 Å². The maximum atomic E-state index is 4.94. The fourth-order valence-electron chi connectivity index (χ4n) is 3.88. The van der Waals surface area contributed by atoms with Crippen LogP contribution in [0.2, 0.25) is 0 Å². The Bertz CT molecular complexity index is 407. The summed E-state index contributed by atoms with van der Waals surface area (Å²) in [5.74, 6) is 4.27. The van der Waals surface area contributed by atoms with Crippen molar-refractivity contribution in [3.8, 4) is 0 Å². The van der Waals surface area contributed by atoms with Crippen LogP contribution in [0.25, 0.3) is 0 Å². The van der Waals surface area contributed by atoms with E-state index in [1.165, 1.54) is 49.3 Å². The molecule has 1 fully saturated rings. The summed E-state index contributed by atoms with van der Waals surface area (Å²) in [6, 6.07) is 0. The Morgan fingerprint density at radius 2 is 2.00 bits per heavy atom. The predicted molar refractivity (Wildman–Crippen MR) is 70.2 cm³/mol. The predicted octanol–water partition coefficient (Wildman–Crippen LogP) is 4.00. The van der Waals surface area contributed by atoms with Gasteiger partial charge in [-0.15, -0.1) is 0 Å². The SMILES string of the molecule is CC1Cc2[nH]c(C3CCCC3C)nc2C(C)C1. The Morgan fingerprint density at radius 1 is 1.18 bits per heavy atom. The number of hydrogen-bond acceptors (Lipinski definition) is 1. The highest BCUT2D eigenvalue weighted by Gasteiger charge is 2.31. The minimum Gasteiger partial charge on any atom is -0.345 e. The normalized spacial score (nSPS) is 37.1. The lowest BCUT2D eigenvalue weighted by Gasteiger charge is -2.22. The van der Waals surface area contributed by atoms with Crippen LogP contribution in [0.3, 0.4) is 0 Å². The van der Waals surface area contributed by atoms with Crippen LogP contribution >= 0.6 is 0 Å². The van der Waals surface area contributed by atoms with Gasteiger partial charge in [0.1, 0.15) is 5.82 Å². The highest BCUT2D eigenvalue weighted by molar-refractivity contribution is 5.24. The van der Waals surface area contributed by atoms with Crippen LogP contribution in [-0.2, 0) is 6.42 Å². The molecule has 0 radical (unpaired) electrons. The highest BCUT2D eigenvalue weighted by Crippen LogP contribution is 2.40. The van der Waals surface area contributed by atoms with E-state index < -0.39 is 0 Å². The summed E-state index contributed by atoms with van der Waals surface area (Å²) in [5, 5.41) is 0. The molecule has 2 aliphatic rings. The number of fused-ring (bicyclic) bond motifs is 1. The lowest BCUT2D eigenvalue weighted by Crippen LogP contribution is -2.14. The van der Waals surface area contributed by atoms with Crippen molar-refractivity contribution in [2.45, 2.75) is 64.7 Å². The van der Waals surface area contributed by atoms with E-state index in [9.17, 15) is 0 Å². The molecule has 1 heterocycles. The number of hydrogen-bond donors (Lipinski definition) is 1. The van der Waals surface area contributed by atoms with E-state index in [0.29, 0.717) is 11.8 Å². The first-order valence-electron chi connectivity index (χ1n) is 7.23. The Kier molecular flexibility index (Phi) is 2.76. The zero-order chi connectivity index (χ0) is 12.0. The lowest BCUT2D eigenvalue weighted by molar-refractivity contribution is 0.440. The fourth-order valence-corrected chi connectivity index (χ4v) is 3.88. The summed E-state index contributed by atoms with van der Waals surface area (Å²) in [4.78, 5) is 8.60. The van der Waals surface area contributed by atoms with E-state index in [4.69, 9.17) is 4.98 Å². The minimum absolute atomic E-state index is 0.649. The third-order valence-corrected chi connectivity index (χ3v) is 4.82. The molecule has 0 bridgehead atoms. The molecular weight excluding hydrogens is 208 g/mol. The van der Waals surface area contributed by atoms with Crippen molar-refractivity contribution in [1.29, 1.82) is 0 Å². The van der Waals surface area contributed by atoms with Crippen molar-refractivity contribution in [2.24, 2.45) is 11.8 Å². The van der Waals surface area contributed by atoms with Crippen molar-refractivity contribution >= 4 is 0 Å². The molecule has 1 N–H and O–H groups in total. The largest absolute Gasteiger partial charge is 0.345 e. The molecule has 2 nitrogen and oxygen atoms in total. The van der Waals surface area contributed by atoms with Gasteiger partial charge in [0.15, 0.2) is 0 Å². The second kappa shape index (κ2) is 4.15. The maximum Gasteiger partial charge on any atom is 0.109 e. The molecule has 2 aliphatic carbocycles. The average Bonchev–Trinajstić information content (AvgIpc) is 2.83. The molecule has 0 aromatic carbocycles. The Morgan fingerprint density at radius 3 is 2.71 bits per heavy atom. The number of nitrogens with zero attached hydrogens (tertiary/aromatic N) is 1. The van der Waals surface area contributed by atoms with E-state index in [2.05, 4.69) is 25.8 Å². The molecular formula is C15H24N2. The molecule has 0 saturated heterocycles. The second-order valence-corrected chi connectivity index (χ2v) is 6.45. The zero-order valence-electron chi connectivity index (χ0n) is 11.3. The van der Waals surface area contributed by atoms with E-state index >= 15 is 0 Å². The zero-order valence-corrected chi connectivity index (χ0v) is 11.3. The molecule has 0 spiro atoms. The smallest absolute Gasteiger partial charge is 0.109 e. The van der Waals surface area contributed by atoms with Crippen LogP contribution in [0.4, 0.5) is 0 Å². The number of aromatic amines is 1. The molecule has 94 valence electrons. The molecule has 0 amide bonds. The molecule has 17 heavy (non-hydrogen) atoms. The summed E-state index contributed by atoms with van der Waals surface area (Å²) < 4.78 is 0. The van der Waals surface area contributed by atoms with Crippen LogP contribution in [0.15, 0.2) is 0 Å². The number of nitrogens with one attached hydrogen (secondary N) is 1. The van der Waals surface area contributed by atoms with Gasteiger partial charge >= 0.3 is 0 Å². The van der Waals surface area contributed by atoms with Crippen molar-refractivity contribution in [2.75, 3.05) is 0 Å². The standard InChI is InChI=1S/C15H24N2/c1-9-7-11(3)14-13(8-9)16-15(17-14)12-6-4-5-10(12)2/h9-12H,4-8H2,1-3H3,(H,16,17). The Hall–Kier alpha value is -0.790. The van der Waals surface area contributed by atoms with Gasteiger partial charge < -0.3 is 4.98 Å². The molecule has 1 aromatic rings. The Labute approximate surface area is 104 Å². The van der Waals surface area contributed by atoms with Crippen LogP contribution in [0, 0.1) is 11.8 Å². The molecule has 2 heteroatoms. The fraction of sp³-hybridized carbons (Fsp3) is 0.800. The van der Waals surface area contributed by atoms with E-state index in [0.717, 1.165) is 11.8 Å². The Balaban J connectivity index is 1.91. The van der Waals surface area contributed by atoms with Crippen molar-refractivity contribution < 1.29 is 0 Å². The van der Waals surface area contributed by atoms with Crippen molar-refractivity contribution in [3.05, 3.63) is 17.2 Å². The van der Waals surface area contributed by atoms with E-state index in [1.807, 2.05) is 0 Å². The van der Waals surface area contributed by atoms with Crippen LogP contribution < -0.4 is 0 Å².